The highest BCUT2D eigenvalue weighted by atomic mass is 32.2. The van der Waals surface area contributed by atoms with Crippen LogP contribution in [0.5, 0.6) is 0 Å². The smallest absolute Gasteiger partial charge is 0.231 e. The fourth-order valence-electron chi connectivity index (χ4n) is 2.44. The number of nitrogens with zero attached hydrogens (tertiary/aromatic N) is 3. The van der Waals surface area contributed by atoms with Gasteiger partial charge in [0.05, 0.1) is 17.3 Å². The van der Waals surface area contributed by atoms with Gasteiger partial charge in [-0.3, -0.25) is 4.79 Å². The Labute approximate surface area is 133 Å². The van der Waals surface area contributed by atoms with Crippen LogP contribution in [-0.2, 0) is 4.79 Å². The Balaban J connectivity index is 1.67. The number of amides is 1. The standard InChI is InChI=1S/C16H16N4OS/c1-16(9-17,11-6-7-11)20-14(21)8-22-15-12-4-2-3-5-13(12)18-10-19-15/h2-5,10-11H,6-8H2,1H3,(H,20,21)/t16-/m1/s1. The average molecular weight is 312 g/mol. The molecule has 0 aliphatic heterocycles. The molecule has 22 heavy (non-hydrogen) atoms. The lowest BCUT2D eigenvalue weighted by Crippen LogP contribution is -2.47. The molecule has 1 aliphatic carbocycles. The molecular formula is C16H16N4OS. The second-order valence-electron chi connectivity index (χ2n) is 5.62. The molecule has 1 heterocycles. The van der Waals surface area contributed by atoms with Gasteiger partial charge in [-0.05, 0) is 31.7 Å². The molecule has 0 spiro atoms. The quantitative estimate of drug-likeness (QED) is 0.678. The van der Waals surface area contributed by atoms with Crippen molar-refractivity contribution in [2.24, 2.45) is 5.92 Å². The summed E-state index contributed by atoms with van der Waals surface area (Å²) >= 11 is 1.37. The first-order valence-corrected chi connectivity index (χ1v) is 8.16. The molecule has 0 radical (unpaired) electrons. The van der Waals surface area contributed by atoms with Gasteiger partial charge in [-0.15, -0.1) is 0 Å². The van der Waals surface area contributed by atoms with Crippen LogP contribution in [0.25, 0.3) is 10.9 Å². The van der Waals surface area contributed by atoms with E-state index in [4.69, 9.17) is 0 Å². The average Bonchev–Trinajstić information content (AvgIpc) is 3.38. The second kappa shape index (κ2) is 5.93. The number of aromatic nitrogens is 2. The maximum Gasteiger partial charge on any atom is 0.231 e. The van der Waals surface area contributed by atoms with Gasteiger partial charge in [0.25, 0.3) is 0 Å². The highest BCUT2D eigenvalue weighted by Crippen LogP contribution is 2.39. The summed E-state index contributed by atoms with van der Waals surface area (Å²) in [6.45, 7) is 1.80. The summed E-state index contributed by atoms with van der Waals surface area (Å²) in [5, 5.41) is 13.9. The van der Waals surface area contributed by atoms with Crippen molar-refractivity contribution < 1.29 is 4.79 Å². The zero-order valence-corrected chi connectivity index (χ0v) is 13.1. The SMILES string of the molecule is C[C@](C#N)(NC(=O)CSc1ncnc2ccccc12)C1CC1. The van der Waals surface area contributed by atoms with Crippen LogP contribution >= 0.6 is 11.8 Å². The minimum Gasteiger partial charge on any atom is -0.337 e. The van der Waals surface area contributed by atoms with Crippen molar-refractivity contribution in [2.45, 2.75) is 30.3 Å². The van der Waals surface area contributed by atoms with E-state index in [0.717, 1.165) is 28.8 Å². The molecule has 3 rings (SSSR count). The zero-order valence-electron chi connectivity index (χ0n) is 12.2. The molecule has 1 aliphatic rings. The third-order valence-corrected chi connectivity index (χ3v) is 4.88. The van der Waals surface area contributed by atoms with Gasteiger partial charge in [0, 0.05) is 5.39 Å². The van der Waals surface area contributed by atoms with Gasteiger partial charge in [-0.1, -0.05) is 30.0 Å². The predicted octanol–water partition coefficient (Wildman–Crippen LogP) is 2.53. The van der Waals surface area contributed by atoms with E-state index >= 15 is 0 Å². The summed E-state index contributed by atoms with van der Waals surface area (Å²) in [7, 11) is 0. The summed E-state index contributed by atoms with van der Waals surface area (Å²) in [6, 6.07) is 9.94. The molecule has 0 bridgehead atoms. The lowest BCUT2D eigenvalue weighted by Gasteiger charge is -2.22. The molecule has 1 amide bonds. The van der Waals surface area contributed by atoms with Crippen LogP contribution < -0.4 is 5.32 Å². The first-order chi connectivity index (χ1) is 10.6. The summed E-state index contributed by atoms with van der Waals surface area (Å²) in [4.78, 5) is 20.6. The molecule has 1 fully saturated rings. The number of hydrogen-bond donors (Lipinski definition) is 1. The maximum absolute atomic E-state index is 12.1. The Hall–Kier alpha value is -2.13. The molecular weight excluding hydrogens is 296 g/mol. The lowest BCUT2D eigenvalue weighted by molar-refractivity contribution is -0.119. The van der Waals surface area contributed by atoms with Crippen LogP contribution in [0.3, 0.4) is 0 Å². The number of fused-ring (bicyclic) bond motifs is 1. The number of hydrogen-bond acceptors (Lipinski definition) is 5. The molecule has 112 valence electrons. The van der Waals surface area contributed by atoms with Crippen LogP contribution in [0.2, 0.25) is 0 Å². The Kier molecular flexibility index (Phi) is 3.99. The number of carbonyl (C=O) groups excluding carboxylic acids is 1. The van der Waals surface area contributed by atoms with Crippen molar-refractivity contribution in [1.82, 2.24) is 15.3 Å². The molecule has 0 unspecified atom stereocenters. The van der Waals surface area contributed by atoms with Gasteiger partial charge in [-0.2, -0.15) is 5.26 Å². The molecule has 1 aromatic carbocycles. The third-order valence-electron chi connectivity index (χ3n) is 3.87. The highest BCUT2D eigenvalue weighted by molar-refractivity contribution is 8.00. The van der Waals surface area contributed by atoms with Crippen LogP contribution in [0.1, 0.15) is 19.8 Å². The molecule has 6 heteroatoms. The van der Waals surface area contributed by atoms with E-state index in [-0.39, 0.29) is 17.6 Å². The van der Waals surface area contributed by atoms with Crippen LogP contribution in [-0.4, -0.2) is 27.2 Å². The number of rotatable bonds is 5. The van der Waals surface area contributed by atoms with Crippen molar-refractivity contribution in [2.75, 3.05) is 5.75 Å². The number of carbonyl (C=O) groups is 1. The van der Waals surface area contributed by atoms with Crippen molar-refractivity contribution in [3.8, 4) is 6.07 Å². The molecule has 1 saturated carbocycles. The normalized spacial score (nSPS) is 16.7. The van der Waals surface area contributed by atoms with Crippen LogP contribution in [0.15, 0.2) is 35.6 Å². The summed E-state index contributed by atoms with van der Waals surface area (Å²) in [5.74, 6) is 0.389. The first-order valence-electron chi connectivity index (χ1n) is 7.17. The fraction of sp³-hybridized carbons (Fsp3) is 0.375. The Morgan fingerprint density at radius 2 is 2.23 bits per heavy atom. The third kappa shape index (κ3) is 3.04. The minimum absolute atomic E-state index is 0.136. The van der Waals surface area contributed by atoms with E-state index < -0.39 is 5.54 Å². The van der Waals surface area contributed by atoms with Gasteiger partial charge < -0.3 is 5.32 Å². The van der Waals surface area contributed by atoms with E-state index in [1.165, 1.54) is 18.1 Å². The largest absolute Gasteiger partial charge is 0.337 e. The monoisotopic (exact) mass is 312 g/mol. The van der Waals surface area contributed by atoms with E-state index in [2.05, 4.69) is 21.4 Å². The molecule has 1 atom stereocenters. The summed E-state index contributed by atoms with van der Waals surface area (Å²) in [5.41, 5.74) is 0.117. The van der Waals surface area contributed by atoms with Crippen molar-refractivity contribution in [3.63, 3.8) is 0 Å². The number of thioether (sulfide) groups is 1. The molecule has 5 nitrogen and oxygen atoms in total. The Morgan fingerprint density at radius 1 is 1.45 bits per heavy atom. The van der Waals surface area contributed by atoms with Crippen molar-refractivity contribution in [3.05, 3.63) is 30.6 Å². The Morgan fingerprint density at radius 3 is 2.95 bits per heavy atom. The topological polar surface area (TPSA) is 78.7 Å². The lowest BCUT2D eigenvalue weighted by atomic mass is 9.98. The number of benzene rings is 1. The number of nitriles is 1. The van der Waals surface area contributed by atoms with Gasteiger partial charge in [0.1, 0.15) is 16.9 Å². The molecule has 1 N–H and O–H groups in total. The molecule has 0 saturated heterocycles. The van der Waals surface area contributed by atoms with Gasteiger partial charge in [0.15, 0.2) is 0 Å². The fourth-order valence-corrected chi connectivity index (χ4v) is 3.23. The van der Waals surface area contributed by atoms with E-state index in [1.54, 1.807) is 6.92 Å². The van der Waals surface area contributed by atoms with Crippen molar-refractivity contribution in [1.29, 1.82) is 5.26 Å². The number of nitrogens with one attached hydrogen (secondary N) is 1. The maximum atomic E-state index is 12.1. The number of para-hydroxylation sites is 1. The molecule has 1 aromatic heterocycles. The van der Waals surface area contributed by atoms with Crippen LogP contribution in [0, 0.1) is 17.2 Å². The van der Waals surface area contributed by atoms with E-state index in [9.17, 15) is 10.1 Å². The van der Waals surface area contributed by atoms with E-state index in [0.29, 0.717) is 0 Å². The Bertz CT molecular complexity index is 748. The zero-order chi connectivity index (χ0) is 15.6. The van der Waals surface area contributed by atoms with Gasteiger partial charge in [-0.25, -0.2) is 9.97 Å². The van der Waals surface area contributed by atoms with Gasteiger partial charge >= 0.3 is 0 Å². The van der Waals surface area contributed by atoms with Crippen LogP contribution in [0.4, 0.5) is 0 Å². The minimum atomic E-state index is -0.745. The molecule has 2 aromatic rings. The van der Waals surface area contributed by atoms with Gasteiger partial charge in [0.2, 0.25) is 5.91 Å². The highest BCUT2D eigenvalue weighted by Gasteiger charge is 2.42. The first kappa shape index (κ1) is 14.8. The summed E-state index contributed by atoms with van der Waals surface area (Å²) < 4.78 is 0. The summed E-state index contributed by atoms with van der Waals surface area (Å²) in [6.07, 6.45) is 3.52. The predicted molar refractivity (Wildman–Crippen MR) is 85.1 cm³/mol. The van der Waals surface area contributed by atoms with Crippen molar-refractivity contribution >= 4 is 28.6 Å². The van der Waals surface area contributed by atoms with E-state index in [1.807, 2.05) is 24.3 Å². The second-order valence-corrected chi connectivity index (χ2v) is 6.59.